The molecule has 142 valence electrons. The van der Waals surface area contributed by atoms with Crippen molar-refractivity contribution in [3.63, 3.8) is 0 Å². The van der Waals surface area contributed by atoms with Crippen molar-refractivity contribution in [2.24, 2.45) is 0 Å². The van der Waals surface area contributed by atoms with Crippen LogP contribution in [0.2, 0.25) is 0 Å². The highest BCUT2D eigenvalue weighted by molar-refractivity contribution is 5.94. The molecule has 0 radical (unpaired) electrons. The molecule has 1 aliphatic rings. The van der Waals surface area contributed by atoms with Crippen molar-refractivity contribution in [2.45, 2.75) is 32.6 Å². The van der Waals surface area contributed by atoms with Crippen molar-refractivity contribution < 1.29 is 4.79 Å². The third-order valence-corrected chi connectivity index (χ3v) is 5.59. The van der Waals surface area contributed by atoms with Gasteiger partial charge in [0.15, 0.2) is 5.82 Å². The van der Waals surface area contributed by atoms with E-state index in [9.17, 15) is 4.79 Å². The van der Waals surface area contributed by atoms with Gasteiger partial charge in [-0.05, 0) is 56.0 Å². The largest absolute Gasteiger partial charge is 0.338 e. The molecule has 0 spiro atoms. The molecule has 0 bridgehead atoms. The van der Waals surface area contributed by atoms with Gasteiger partial charge in [0.1, 0.15) is 0 Å². The molecular formula is C24H25N3O. The average molecular weight is 371 g/mol. The molecule has 4 rings (SSSR count). The van der Waals surface area contributed by atoms with Gasteiger partial charge in [0, 0.05) is 42.0 Å². The summed E-state index contributed by atoms with van der Waals surface area (Å²) in [6.07, 6.45) is 3.86. The summed E-state index contributed by atoms with van der Waals surface area (Å²) in [5.74, 6) is 1.11. The standard InChI is InChI=1S/C24H25N3O/c1-17-10-11-20(15-18(17)2)24(28)27-14-6-9-21(16-27)22-12-13-25-23(26-22)19-7-4-3-5-8-19/h3-5,7-8,10-13,15,21H,6,9,14,16H2,1-2H3/t21-/m1/s1. The first-order chi connectivity index (χ1) is 13.6. The number of carbonyl (C=O) groups excluding carboxylic acids is 1. The molecule has 4 heteroatoms. The number of piperidine rings is 1. The van der Waals surface area contributed by atoms with E-state index in [0.717, 1.165) is 47.6 Å². The molecule has 0 aliphatic carbocycles. The Morgan fingerprint density at radius 1 is 1.04 bits per heavy atom. The van der Waals surface area contributed by atoms with Crippen LogP contribution in [0.1, 0.15) is 45.9 Å². The average Bonchev–Trinajstić information content (AvgIpc) is 2.76. The van der Waals surface area contributed by atoms with Crippen LogP contribution in [0.4, 0.5) is 0 Å². The second-order valence-corrected chi connectivity index (χ2v) is 7.56. The van der Waals surface area contributed by atoms with Crippen LogP contribution in [0.25, 0.3) is 11.4 Å². The molecule has 1 amide bonds. The maximum atomic E-state index is 13.0. The monoisotopic (exact) mass is 371 g/mol. The van der Waals surface area contributed by atoms with Gasteiger partial charge in [-0.15, -0.1) is 0 Å². The van der Waals surface area contributed by atoms with E-state index in [4.69, 9.17) is 4.98 Å². The molecule has 1 aromatic heterocycles. The van der Waals surface area contributed by atoms with Gasteiger partial charge < -0.3 is 4.90 Å². The van der Waals surface area contributed by atoms with Crippen molar-refractivity contribution in [2.75, 3.05) is 13.1 Å². The number of likely N-dealkylation sites (tertiary alicyclic amines) is 1. The normalized spacial score (nSPS) is 16.8. The van der Waals surface area contributed by atoms with Crippen LogP contribution in [0.15, 0.2) is 60.8 Å². The van der Waals surface area contributed by atoms with Gasteiger partial charge in [-0.1, -0.05) is 36.4 Å². The van der Waals surface area contributed by atoms with E-state index >= 15 is 0 Å². The molecule has 1 atom stereocenters. The number of hydrogen-bond donors (Lipinski definition) is 0. The first-order valence-corrected chi connectivity index (χ1v) is 9.87. The molecular weight excluding hydrogens is 346 g/mol. The predicted molar refractivity (Wildman–Crippen MR) is 111 cm³/mol. The minimum absolute atomic E-state index is 0.116. The fourth-order valence-electron chi connectivity index (χ4n) is 3.79. The Hall–Kier alpha value is -3.01. The number of rotatable bonds is 3. The van der Waals surface area contributed by atoms with Gasteiger partial charge in [-0.3, -0.25) is 4.79 Å². The number of aromatic nitrogens is 2. The Labute approximate surface area is 166 Å². The second kappa shape index (κ2) is 7.93. The number of aryl methyl sites for hydroxylation is 2. The summed E-state index contributed by atoms with van der Waals surface area (Å²) in [6, 6.07) is 18.0. The maximum Gasteiger partial charge on any atom is 0.253 e. The lowest BCUT2D eigenvalue weighted by Crippen LogP contribution is -2.39. The zero-order valence-corrected chi connectivity index (χ0v) is 16.4. The van der Waals surface area contributed by atoms with E-state index < -0.39 is 0 Å². The van der Waals surface area contributed by atoms with Crippen LogP contribution < -0.4 is 0 Å². The van der Waals surface area contributed by atoms with E-state index in [1.54, 1.807) is 0 Å². The minimum atomic E-state index is 0.116. The second-order valence-electron chi connectivity index (χ2n) is 7.56. The highest BCUT2D eigenvalue weighted by atomic mass is 16.2. The summed E-state index contributed by atoms with van der Waals surface area (Å²) < 4.78 is 0. The number of amides is 1. The Morgan fingerprint density at radius 2 is 1.86 bits per heavy atom. The van der Waals surface area contributed by atoms with Crippen molar-refractivity contribution >= 4 is 5.91 Å². The molecule has 4 nitrogen and oxygen atoms in total. The fourth-order valence-corrected chi connectivity index (χ4v) is 3.79. The molecule has 1 fully saturated rings. The zero-order chi connectivity index (χ0) is 19.5. The summed E-state index contributed by atoms with van der Waals surface area (Å²) >= 11 is 0. The highest BCUT2D eigenvalue weighted by Gasteiger charge is 2.26. The number of hydrogen-bond acceptors (Lipinski definition) is 3. The summed E-state index contributed by atoms with van der Waals surface area (Å²) in [5, 5.41) is 0. The summed E-state index contributed by atoms with van der Waals surface area (Å²) in [7, 11) is 0. The smallest absolute Gasteiger partial charge is 0.253 e. The first kappa shape index (κ1) is 18.4. The number of benzene rings is 2. The van der Waals surface area contributed by atoms with Gasteiger partial charge >= 0.3 is 0 Å². The maximum absolute atomic E-state index is 13.0. The third kappa shape index (κ3) is 3.81. The molecule has 0 saturated carbocycles. The Kier molecular flexibility index (Phi) is 5.20. The van der Waals surface area contributed by atoms with Gasteiger partial charge in [-0.25, -0.2) is 9.97 Å². The number of nitrogens with zero attached hydrogens (tertiary/aromatic N) is 3. The van der Waals surface area contributed by atoms with E-state index in [-0.39, 0.29) is 11.8 Å². The molecule has 1 saturated heterocycles. The lowest BCUT2D eigenvalue weighted by atomic mass is 9.93. The van der Waals surface area contributed by atoms with Gasteiger partial charge in [0.2, 0.25) is 0 Å². The minimum Gasteiger partial charge on any atom is -0.338 e. The summed E-state index contributed by atoms with van der Waals surface area (Å²) in [4.78, 5) is 24.2. The Balaban J connectivity index is 1.54. The quantitative estimate of drug-likeness (QED) is 0.666. The van der Waals surface area contributed by atoms with Crippen LogP contribution in [-0.4, -0.2) is 33.9 Å². The van der Waals surface area contributed by atoms with E-state index in [1.807, 2.05) is 65.7 Å². The van der Waals surface area contributed by atoms with E-state index in [0.29, 0.717) is 6.54 Å². The molecule has 1 aliphatic heterocycles. The SMILES string of the molecule is Cc1ccc(C(=O)N2CCC[C@@H](c3ccnc(-c4ccccc4)n3)C2)cc1C. The lowest BCUT2D eigenvalue weighted by molar-refractivity contribution is 0.0706. The van der Waals surface area contributed by atoms with E-state index in [2.05, 4.69) is 18.8 Å². The number of carbonyl (C=O) groups is 1. The molecule has 0 unspecified atom stereocenters. The molecule has 2 aromatic carbocycles. The van der Waals surface area contributed by atoms with Gasteiger partial charge in [0.25, 0.3) is 5.91 Å². The summed E-state index contributed by atoms with van der Waals surface area (Å²) in [6.45, 7) is 5.63. The summed E-state index contributed by atoms with van der Waals surface area (Å²) in [5.41, 5.74) is 5.18. The Bertz CT molecular complexity index is 984. The van der Waals surface area contributed by atoms with Crippen molar-refractivity contribution in [3.05, 3.63) is 83.2 Å². The van der Waals surface area contributed by atoms with Crippen LogP contribution in [0.5, 0.6) is 0 Å². The molecule has 28 heavy (non-hydrogen) atoms. The van der Waals surface area contributed by atoms with Gasteiger partial charge in [-0.2, -0.15) is 0 Å². The topological polar surface area (TPSA) is 46.1 Å². The lowest BCUT2D eigenvalue weighted by Gasteiger charge is -2.32. The van der Waals surface area contributed by atoms with Crippen molar-refractivity contribution in [1.82, 2.24) is 14.9 Å². The van der Waals surface area contributed by atoms with Crippen LogP contribution in [-0.2, 0) is 0 Å². The third-order valence-electron chi connectivity index (χ3n) is 5.59. The van der Waals surface area contributed by atoms with Gasteiger partial charge in [0.05, 0.1) is 0 Å². The van der Waals surface area contributed by atoms with Crippen LogP contribution in [0.3, 0.4) is 0 Å². The van der Waals surface area contributed by atoms with Crippen LogP contribution >= 0.6 is 0 Å². The zero-order valence-electron chi connectivity index (χ0n) is 16.4. The van der Waals surface area contributed by atoms with Crippen molar-refractivity contribution in [1.29, 1.82) is 0 Å². The fraction of sp³-hybridized carbons (Fsp3) is 0.292. The van der Waals surface area contributed by atoms with Crippen LogP contribution in [0, 0.1) is 13.8 Å². The molecule has 0 N–H and O–H groups in total. The first-order valence-electron chi connectivity index (χ1n) is 9.87. The predicted octanol–water partition coefficient (Wildman–Crippen LogP) is 4.78. The molecule has 2 heterocycles. The van der Waals surface area contributed by atoms with E-state index in [1.165, 1.54) is 5.56 Å². The highest BCUT2D eigenvalue weighted by Crippen LogP contribution is 2.28. The van der Waals surface area contributed by atoms with Crippen molar-refractivity contribution in [3.8, 4) is 11.4 Å². The molecule has 3 aromatic rings. The Morgan fingerprint density at radius 3 is 2.64 bits per heavy atom.